The molecule has 1 aliphatic heterocycles. The third kappa shape index (κ3) is 2.72. The topological polar surface area (TPSA) is 57.2 Å². The molecule has 0 amide bonds. The van der Waals surface area contributed by atoms with E-state index >= 15 is 0 Å². The normalized spacial score (nSPS) is 18.7. The number of aromatic nitrogens is 3. The Balaban J connectivity index is 1.88. The molecule has 2 aliphatic rings. The van der Waals surface area contributed by atoms with Crippen LogP contribution in [-0.4, -0.2) is 47.7 Å². The molecule has 1 aromatic heterocycles. The quantitative estimate of drug-likeness (QED) is 0.868. The minimum atomic E-state index is 0.614. The molecule has 0 bridgehead atoms. The second-order valence-corrected chi connectivity index (χ2v) is 5.33. The van der Waals surface area contributed by atoms with Crippen molar-refractivity contribution >= 4 is 17.8 Å². The van der Waals surface area contributed by atoms with Gasteiger partial charge in [0.05, 0.1) is 0 Å². The van der Waals surface area contributed by atoms with Gasteiger partial charge < -0.3 is 15.1 Å². The summed E-state index contributed by atoms with van der Waals surface area (Å²) in [6.45, 7) is 5.00. The van der Waals surface area contributed by atoms with Crippen LogP contribution in [0, 0.1) is 0 Å². The van der Waals surface area contributed by atoms with E-state index in [0.717, 1.165) is 31.5 Å². The summed E-state index contributed by atoms with van der Waals surface area (Å²) in [5.41, 5.74) is 0. The van der Waals surface area contributed by atoms with Gasteiger partial charge in [-0.1, -0.05) is 0 Å². The molecule has 104 valence electrons. The molecule has 1 N–H and O–H groups in total. The van der Waals surface area contributed by atoms with Crippen LogP contribution < -0.4 is 15.1 Å². The van der Waals surface area contributed by atoms with E-state index in [-0.39, 0.29) is 0 Å². The minimum absolute atomic E-state index is 0.614. The Morgan fingerprint density at radius 2 is 1.95 bits per heavy atom. The fourth-order valence-corrected chi connectivity index (χ4v) is 2.43. The van der Waals surface area contributed by atoms with Crippen LogP contribution in [0.25, 0.3) is 0 Å². The molecule has 1 aliphatic carbocycles. The summed E-state index contributed by atoms with van der Waals surface area (Å²) in [6.07, 6.45) is 4.96. The number of hydrogen-bond acceptors (Lipinski definition) is 6. The molecule has 6 nitrogen and oxygen atoms in total. The predicted molar refractivity (Wildman–Crippen MR) is 76.9 cm³/mol. The average Bonchev–Trinajstić information content (AvgIpc) is 3.12. The highest BCUT2D eigenvalue weighted by Crippen LogP contribution is 2.29. The lowest BCUT2D eigenvalue weighted by atomic mass is 10.4. The maximum absolute atomic E-state index is 4.65. The van der Waals surface area contributed by atoms with Crippen molar-refractivity contribution in [2.45, 2.75) is 38.6 Å². The summed E-state index contributed by atoms with van der Waals surface area (Å²) in [7, 11) is 2.08. The molecule has 1 saturated heterocycles. The van der Waals surface area contributed by atoms with E-state index in [1.54, 1.807) is 0 Å². The van der Waals surface area contributed by atoms with Crippen molar-refractivity contribution < 1.29 is 0 Å². The van der Waals surface area contributed by atoms with E-state index < -0.39 is 0 Å². The molecule has 0 radical (unpaired) electrons. The second-order valence-electron chi connectivity index (χ2n) is 5.33. The lowest BCUT2D eigenvalue weighted by molar-refractivity contribution is 0.821. The molecular formula is C13H22N6. The first-order valence-electron chi connectivity index (χ1n) is 7.25. The standard InChI is InChI=1S/C13H22N6/c1-3-14-11-15-12(18(2)10-6-7-10)17-13(16-11)19-8-4-5-9-19/h10H,3-9H2,1-2H3,(H,14,15,16,17). The van der Waals surface area contributed by atoms with Crippen molar-refractivity contribution in [3.8, 4) is 0 Å². The first-order chi connectivity index (χ1) is 9.28. The molecule has 3 rings (SSSR count). The molecule has 2 heterocycles. The van der Waals surface area contributed by atoms with Crippen LogP contribution in [0.4, 0.5) is 17.8 Å². The summed E-state index contributed by atoms with van der Waals surface area (Å²) in [5, 5.41) is 3.21. The maximum atomic E-state index is 4.65. The van der Waals surface area contributed by atoms with Crippen LogP contribution in [0.2, 0.25) is 0 Å². The molecule has 0 atom stereocenters. The highest BCUT2D eigenvalue weighted by atomic mass is 15.4. The van der Waals surface area contributed by atoms with Gasteiger partial charge in [-0.25, -0.2) is 0 Å². The summed E-state index contributed by atoms with van der Waals surface area (Å²) in [5.74, 6) is 2.32. The largest absolute Gasteiger partial charge is 0.354 e. The van der Waals surface area contributed by atoms with Crippen molar-refractivity contribution in [3.05, 3.63) is 0 Å². The highest BCUT2D eigenvalue weighted by Gasteiger charge is 2.29. The van der Waals surface area contributed by atoms with Crippen LogP contribution in [0.3, 0.4) is 0 Å². The molecule has 1 saturated carbocycles. The molecule has 19 heavy (non-hydrogen) atoms. The number of nitrogens with one attached hydrogen (secondary N) is 1. The molecule has 0 unspecified atom stereocenters. The number of nitrogens with zero attached hydrogens (tertiary/aromatic N) is 5. The van der Waals surface area contributed by atoms with Crippen LogP contribution in [0.5, 0.6) is 0 Å². The van der Waals surface area contributed by atoms with Crippen LogP contribution >= 0.6 is 0 Å². The van der Waals surface area contributed by atoms with Crippen LogP contribution in [0.1, 0.15) is 32.6 Å². The van der Waals surface area contributed by atoms with Crippen LogP contribution in [-0.2, 0) is 0 Å². The van der Waals surface area contributed by atoms with Crippen molar-refractivity contribution in [1.29, 1.82) is 0 Å². The molecule has 2 fully saturated rings. The van der Waals surface area contributed by atoms with Gasteiger partial charge in [0, 0.05) is 32.7 Å². The van der Waals surface area contributed by atoms with Crippen molar-refractivity contribution in [3.63, 3.8) is 0 Å². The molecule has 0 aromatic carbocycles. The van der Waals surface area contributed by atoms with Gasteiger partial charge in [-0.2, -0.15) is 15.0 Å². The van der Waals surface area contributed by atoms with Gasteiger partial charge in [0.15, 0.2) is 0 Å². The predicted octanol–water partition coefficient (Wildman–Crippen LogP) is 1.50. The zero-order valence-corrected chi connectivity index (χ0v) is 11.8. The Kier molecular flexibility index (Phi) is 3.40. The fourth-order valence-electron chi connectivity index (χ4n) is 2.43. The van der Waals surface area contributed by atoms with E-state index in [1.165, 1.54) is 25.7 Å². The number of anilines is 3. The Hall–Kier alpha value is -1.59. The van der Waals surface area contributed by atoms with Gasteiger partial charge >= 0.3 is 0 Å². The molecular weight excluding hydrogens is 240 g/mol. The smallest absolute Gasteiger partial charge is 0.231 e. The Labute approximate surface area is 114 Å². The monoisotopic (exact) mass is 262 g/mol. The van der Waals surface area contributed by atoms with Crippen molar-refractivity contribution in [2.24, 2.45) is 0 Å². The summed E-state index contributed by atoms with van der Waals surface area (Å²) in [6, 6.07) is 0.614. The lowest BCUT2D eigenvalue weighted by Crippen LogP contribution is -2.26. The maximum Gasteiger partial charge on any atom is 0.231 e. The fraction of sp³-hybridized carbons (Fsp3) is 0.769. The van der Waals surface area contributed by atoms with Crippen LogP contribution in [0.15, 0.2) is 0 Å². The number of rotatable bonds is 5. The third-order valence-electron chi connectivity index (χ3n) is 3.75. The highest BCUT2D eigenvalue weighted by molar-refractivity contribution is 5.46. The Morgan fingerprint density at radius 1 is 1.21 bits per heavy atom. The SMILES string of the molecule is CCNc1nc(N2CCCC2)nc(N(C)C2CC2)n1. The summed E-state index contributed by atoms with van der Waals surface area (Å²) >= 11 is 0. The van der Waals surface area contributed by atoms with Gasteiger partial charge in [0.2, 0.25) is 17.8 Å². The van der Waals surface area contributed by atoms with Gasteiger partial charge in [0.25, 0.3) is 0 Å². The first-order valence-corrected chi connectivity index (χ1v) is 7.25. The summed E-state index contributed by atoms with van der Waals surface area (Å²) < 4.78 is 0. The van der Waals surface area contributed by atoms with Gasteiger partial charge in [-0.3, -0.25) is 0 Å². The molecule has 1 aromatic rings. The Bertz CT molecular complexity index is 419. The van der Waals surface area contributed by atoms with E-state index in [0.29, 0.717) is 12.0 Å². The summed E-state index contributed by atoms with van der Waals surface area (Å²) in [4.78, 5) is 18.1. The lowest BCUT2D eigenvalue weighted by Gasteiger charge is -2.21. The second kappa shape index (κ2) is 5.19. The van der Waals surface area contributed by atoms with Gasteiger partial charge in [-0.05, 0) is 32.6 Å². The molecule has 0 spiro atoms. The zero-order valence-electron chi connectivity index (χ0n) is 11.8. The zero-order chi connectivity index (χ0) is 13.2. The first kappa shape index (κ1) is 12.4. The van der Waals surface area contributed by atoms with Gasteiger partial charge in [-0.15, -0.1) is 0 Å². The minimum Gasteiger partial charge on any atom is -0.354 e. The average molecular weight is 262 g/mol. The van der Waals surface area contributed by atoms with E-state index in [9.17, 15) is 0 Å². The number of hydrogen-bond donors (Lipinski definition) is 1. The van der Waals surface area contributed by atoms with Crippen molar-refractivity contribution in [2.75, 3.05) is 41.8 Å². The van der Waals surface area contributed by atoms with Crippen molar-refractivity contribution in [1.82, 2.24) is 15.0 Å². The van der Waals surface area contributed by atoms with E-state index in [4.69, 9.17) is 0 Å². The van der Waals surface area contributed by atoms with E-state index in [1.807, 2.05) is 0 Å². The van der Waals surface area contributed by atoms with E-state index in [2.05, 4.69) is 44.0 Å². The Morgan fingerprint density at radius 3 is 2.58 bits per heavy atom. The van der Waals surface area contributed by atoms with Gasteiger partial charge in [0.1, 0.15) is 0 Å². The molecule has 6 heteroatoms. The third-order valence-corrected chi connectivity index (χ3v) is 3.75.